The van der Waals surface area contributed by atoms with E-state index in [0.29, 0.717) is 12.8 Å². The third-order valence-electron chi connectivity index (χ3n) is 3.80. The van der Waals surface area contributed by atoms with Crippen molar-refractivity contribution >= 4 is 17.5 Å². The van der Waals surface area contributed by atoms with Gasteiger partial charge in [0.05, 0.1) is 0 Å². The molecular formula is C16H22N2O2. The number of aryl methyl sites for hydroxylation is 1. The van der Waals surface area contributed by atoms with Gasteiger partial charge in [0.1, 0.15) is 0 Å². The monoisotopic (exact) mass is 274 g/mol. The van der Waals surface area contributed by atoms with E-state index >= 15 is 0 Å². The Morgan fingerprint density at radius 1 is 1.30 bits per heavy atom. The first-order valence-corrected chi connectivity index (χ1v) is 7.16. The summed E-state index contributed by atoms with van der Waals surface area (Å²) in [5.74, 6) is 0.431. The zero-order valence-electron chi connectivity index (χ0n) is 12.2. The van der Waals surface area contributed by atoms with Gasteiger partial charge in [-0.15, -0.1) is 0 Å². The van der Waals surface area contributed by atoms with Crippen LogP contribution in [0.15, 0.2) is 24.3 Å². The fraction of sp³-hybridized carbons (Fsp3) is 0.500. The first-order chi connectivity index (χ1) is 9.56. The molecule has 0 aromatic heterocycles. The summed E-state index contributed by atoms with van der Waals surface area (Å²) < 4.78 is 0. The first-order valence-electron chi connectivity index (χ1n) is 7.16. The fourth-order valence-electron chi connectivity index (χ4n) is 2.19. The molecule has 1 aromatic carbocycles. The van der Waals surface area contributed by atoms with Crippen molar-refractivity contribution in [1.82, 2.24) is 4.90 Å². The molecule has 4 heteroatoms. The Morgan fingerprint density at radius 2 is 2.05 bits per heavy atom. The first kappa shape index (κ1) is 14.6. The minimum absolute atomic E-state index is 0.119. The van der Waals surface area contributed by atoms with Crippen LogP contribution >= 0.6 is 0 Å². The Morgan fingerprint density at radius 3 is 2.65 bits per heavy atom. The topological polar surface area (TPSA) is 49.4 Å². The van der Waals surface area contributed by atoms with Crippen LogP contribution in [0.25, 0.3) is 0 Å². The third-order valence-corrected chi connectivity index (χ3v) is 3.80. The predicted octanol–water partition coefficient (Wildman–Crippen LogP) is 2.45. The average molecular weight is 274 g/mol. The van der Waals surface area contributed by atoms with Gasteiger partial charge in [-0.1, -0.05) is 18.6 Å². The van der Waals surface area contributed by atoms with Crippen LogP contribution in [0.3, 0.4) is 0 Å². The van der Waals surface area contributed by atoms with Gasteiger partial charge in [-0.2, -0.15) is 0 Å². The van der Waals surface area contributed by atoms with E-state index in [4.69, 9.17) is 0 Å². The Hall–Kier alpha value is -1.84. The van der Waals surface area contributed by atoms with Crippen LogP contribution in [-0.2, 0) is 16.0 Å². The van der Waals surface area contributed by atoms with Crippen molar-refractivity contribution in [2.75, 3.05) is 19.4 Å². The molecule has 0 heterocycles. The Labute approximate surface area is 120 Å². The molecule has 2 amide bonds. The number of benzene rings is 1. The molecule has 4 nitrogen and oxygen atoms in total. The number of anilines is 1. The van der Waals surface area contributed by atoms with Crippen molar-refractivity contribution < 1.29 is 9.59 Å². The van der Waals surface area contributed by atoms with Gasteiger partial charge in [0.25, 0.3) is 0 Å². The van der Waals surface area contributed by atoms with E-state index < -0.39 is 0 Å². The van der Waals surface area contributed by atoms with E-state index in [1.165, 1.54) is 0 Å². The number of hydrogen-bond donors (Lipinski definition) is 1. The summed E-state index contributed by atoms with van der Waals surface area (Å²) >= 11 is 0. The molecule has 108 valence electrons. The predicted molar refractivity (Wildman–Crippen MR) is 79.4 cm³/mol. The highest BCUT2D eigenvalue weighted by Gasteiger charge is 2.25. The highest BCUT2D eigenvalue weighted by atomic mass is 16.2. The fourth-order valence-corrected chi connectivity index (χ4v) is 2.19. The molecule has 1 saturated carbocycles. The normalized spacial score (nSPS) is 14.5. The Kier molecular flexibility index (Phi) is 4.77. The SMILES string of the molecule is CN(C)C(=O)CCc1cccc(NC(=O)C2CCC2)c1. The van der Waals surface area contributed by atoms with Gasteiger partial charge in [-0.3, -0.25) is 9.59 Å². The molecule has 1 aliphatic carbocycles. The largest absolute Gasteiger partial charge is 0.349 e. The van der Waals surface area contributed by atoms with Crippen molar-refractivity contribution in [3.63, 3.8) is 0 Å². The lowest BCUT2D eigenvalue weighted by atomic mass is 9.85. The number of nitrogens with one attached hydrogen (secondary N) is 1. The van der Waals surface area contributed by atoms with Gasteiger partial charge >= 0.3 is 0 Å². The molecule has 0 unspecified atom stereocenters. The minimum Gasteiger partial charge on any atom is -0.349 e. The molecule has 0 spiro atoms. The molecule has 1 aromatic rings. The van der Waals surface area contributed by atoms with Crippen molar-refractivity contribution in [3.8, 4) is 0 Å². The van der Waals surface area contributed by atoms with Gasteiger partial charge in [-0.25, -0.2) is 0 Å². The smallest absolute Gasteiger partial charge is 0.227 e. The second kappa shape index (κ2) is 6.55. The van der Waals surface area contributed by atoms with E-state index in [1.807, 2.05) is 24.3 Å². The molecule has 1 fully saturated rings. The summed E-state index contributed by atoms with van der Waals surface area (Å²) in [6.07, 6.45) is 4.35. The number of rotatable bonds is 5. The van der Waals surface area contributed by atoms with Crippen LogP contribution in [0.1, 0.15) is 31.2 Å². The standard InChI is InChI=1S/C16H22N2O2/c1-18(2)15(19)10-9-12-5-3-8-14(11-12)17-16(20)13-6-4-7-13/h3,5,8,11,13H,4,6-7,9-10H2,1-2H3,(H,17,20). The summed E-state index contributed by atoms with van der Waals surface area (Å²) in [4.78, 5) is 25.1. The highest BCUT2D eigenvalue weighted by molar-refractivity contribution is 5.93. The van der Waals surface area contributed by atoms with Crippen LogP contribution in [0.5, 0.6) is 0 Å². The van der Waals surface area contributed by atoms with Crippen molar-refractivity contribution in [2.24, 2.45) is 5.92 Å². The maximum atomic E-state index is 11.9. The number of amides is 2. The quantitative estimate of drug-likeness (QED) is 0.896. The van der Waals surface area contributed by atoms with Crippen molar-refractivity contribution in [3.05, 3.63) is 29.8 Å². The molecule has 0 aliphatic heterocycles. The Balaban J connectivity index is 1.90. The van der Waals surface area contributed by atoms with Crippen LogP contribution in [0.2, 0.25) is 0 Å². The summed E-state index contributed by atoms with van der Waals surface area (Å²) in [5, 5.41) is 2.96. The van der Waals surface area contributed by atoms with Crippen molar-refractivity contribution in [1.29, 1.82) is 0 Å². The third kappa shape index (κ3) is 3.83. The van der Waals surface area contributed by atoms with E-state index in [2.05, 4.69) is 5.32 Å². The second-order valence-electron chi connectivity index (χ2n) is 5.61. The van der Waals surface area contributed by atoms with E-state index in [-0.39, 0.29) is 17.7 Å². The van der Waals surface area contributed by atoms with E-state index in [0.717, 1.165) is 30.5 Å². The molecule has 0 saturated heterocycles. The van der Waals surface area contributed by atoms with Crippen LogP contribution < -0.4 is 5.32 Å². The van der Waals surface area contributed by atoms with Crippen LogP contribution in [-0.4, -0.2) is 30.8 Å². The molecule has 20 heavy (non-hydrogen) atoms. The molecule has 1 aliphatic rings. The minimum atomic E-state index is 0.119. The maximum absolute atomic E-state index is 11.9. The lowest BCUT2D eigenvalue weighted by molar-refractivity contribution is -0.128. The molecule has 0 radical (unpaired) electrons. The molecule has 2 rings (SSSR count). The van der Waals surface area contributed by atoms with Gasteiger partial charge in [0, 0.05) is 32.1 Å². The zero-order chi connectivity index (χ0) is 14.5. The van der Waals surface area contributed by atoms with Crippen LogP contribution in [0, 0.1) is 5.92 Å². The number of hydrogen-bond acceptors (Lipinski definition) is 2. The molecule has 0 atom stereocenters. The number of nitrogens with zero attached hydrogens (tertiary/aromatic N) is 1. The maximum Gasteiger partial charge on any atom is 0.227 e. The molecule has 0 bridgehead atoms. The van der Waals surface area contributed by atoms with Gasteiger partial charge in [0.2, 0.25) is 11.8 Å². The summed E-state index contributed by atoms with van der Waals surface area (Å²) in [5.41, 5.74) is 1.91. The number of carbonyl (C=O) groups excluding carboxylic acids is 2. The van der Waals surface area contributed by atoms with Gasteiger partial charge in [-0.05, 0) is 37.0 Å². The summed E-state index contributed by atoms with van der Waals surface area (Å²) in [6.45, 7) is 0. The van der Waals surface area contributed by atoms with Crippen LogP contribution in [0.4, 0.5) is 5.69 Å². The summed E-state index contributed by atoms with van der Waals surface area (Å²) in [6, 6.07) is 7.77. The van der Waals surface area contributed by atoms with E-state index in [1.54, 1.807) is 19.0 Å². The second-order valence-corrected chi connectivity index (χ2v) is 5.61. The van der Waals surface area contributed by atoms with Gasteiger partial charge < -0.3 is 10.2 Å². The summed E-state index contributed by atoms with van der Waals surface area (Å²) in [7, 11) is 3.52. The lowest BCUT2D eigenvalue weighted by Gasteiger charge is -2.24. The molecular weight excluding hydrogens is 252 g/mol. The van der Waals surface area contributed by atoms with E-state index in [9.17, 15) is 9.59 Å². The van der Waals surface area contributed by atoms with Crippen molar-refractivity contribution in [2.45, 2.75) is 32.1 Å². The zero-order valence-corrected chi connectivity index (χ0v) is 12.2. The average Bonchev–Trinajstić information content (AvgIpc) is 2.34. The Bertz CT molecular complexity index is 493. The molecule has 1 N–H and O–H groups in total. The highest BCUT2D eigenvalue weighted by Crippen LogP contribution is 2.27. The number of carbonyl (C=O) groups is 2. The lowest BCUT2D eigenvalue weighted by Crippen LogP contribution is -2.28. The van der Waals surface area contributed by atoms with Gasteiger partial charge in [0.15, 0.2) is 0 Å².